The van der Waals surface area contributed by atoms with E-state index in [1.165, 1.54) is 11.3 Å². The van der Waals surface area contributed by atoms with Crippen molar-refractivity contribution in [3.05, 3.63) is 66.0 Å². The van der Waals surface area contributed by atoms with E-state index in [-0.39, 0.29) is 5.60 Å². The number of ether oxygens (including phenoxy) is 1. The lowest BCUT2D eigenvalue weighted by Gasteiger charge is -2.37. The number of aromatic nitrogens is 1. The summed E-state index contributed by atoms with van der Waals surface area (Å²) in [4.78, 5) is 19.1. The van der Waals surface area contributed by atoms with E-state index >= 15 is 0 Å². The fourth-order valence-corrected chi connectivity index (χ4v) is 3.48. The van der Waals surface area contributed by atoms with Crippen LogP contribution in [0.1, 0.15) is 24.1 Å². The highest BCUT2D eigenvalue weighted by molar-refractivity contribution is 5.89. The van der Waals surface area contributed by atoms with E-state index < -0.39 is 11.9 Å². The minimum absolute atomic E-state index is 0.151. The number of para-hydroxylation sites is 1. The van der Waals surface area contributed by atoms with Gasteiger partial charge in [-0.05, 0) is 31.3 Å². The zero-order chi connectivity index (χ0) is 19.3. The third-order valence-corrected chi connectivity index (χ3v) is 4.69. The summed E-state index contributed by atoms with van der Waals surface area (Å²) < 4.78 is 8.85. The minimum Gasteiger partial charge on any atom is -0.481 e. The second-order valence-corrected chi connectivity index (χ2v) is 6.49. The monoisotopic (exact) mass is 370 g/mol. The van der Waals surface area contributed by atoms with Gasteiger partial charge in [0.25, 0.3) is 0 Å². The van der Waals surface area contributed by atoms with Crippen LogP contribution in [0.15, 0.2) is 54.7 Å². The van der Waals surface area contributed by atoms with Crippen LogP contribution in [0.5, 0.6) is 5.75 Å². The predicted molar refractivity (Wildman–Crippen MR) is 98.8 cm³/mol. The van der Waals surface area contributed by atoms with Crippen molar-refractivity contribution >= 4 is 11.9 Å². The third kappa shape index (κ3) is 4.38. The highest BCUT2D eigenvalue weighted by Gasteiger charge is 2.40. The summed E-state index contributed by atoms with van der Waals surface area (Å²) in [5, 5.41) is 19.1. The quantitative estimate of drug-likeness (QED) is 0.701. The Kier molecular flexibility index (Phi) is 5.61. The van der Waals surface area contributed by atoms with E-state index in [0.29, 0.717) is 12.2 Å². The molecular weight excluding hydrogens is 348 g/mol. The Labute approximate surface area is 156 Å². The molecule has 7 heteroatoms. The third-order valence-electron chi connectivity index (χ3n) is 4.69. The lowest BCUT2D eigenvalue weighted by atomic mass is 9.88. The molecule has 0 amide bonds. The summed E-state index contributed by atoms with van der Waals surface area (Å²) >= 11 is 0. The van der Waals surface area contributed by atoms with Crippen molar-refractivity contribution in [2.75, 3.05) is 13.1 Å². The Balaban J connectivity index is 0.000000226. The number of rotatable bonds is 2. The van der Waals surface area contributed by atoms with Crippen LogP contribution < -0.4 is 10.1 Å². The number of hydrogen-bond acceptors (Lipinski definition) is 4. The molecule has 2 aromatic rings. The molecule has 1 aromatic heterocycles. The number of nitrogens with zero attached hydrogens (tertiary/aromatic N) is 1. The van der Waals surface area contributed by atoms with Gasteiger partial charge in [-0.15, -0.1) is 0 Å². The van der Waals surface area contributed by atoms with Crippen molar-refractivity contribution in [2.45, 2.75) is 25.0 Å². The summed E-state index contributed by atoms with van der Waals surface area (Å²) in [5.41, 5.74) is 2.45. The summed E-state index contributed by atoms with van der Waals surface area (Å²) in [6.45, 7) is 2.95. The van der Waals surface area contributed by atoms with Crippen LogP contribution in [-0.2, 0) is 21.7 Å². The first-order valence-electron chi connectivity index (χ1n) is 8.77. The highest BCUT2D eigenvalue weighted by Crippen LogP contribution is 2.40. The first-order valence-corrected chi connectivity index (χ1v) is 8.77. The van der Waals surface area contributed by atoms with Gasteiger partial charge in [-0.3, -0.25) is 0 Å². The molecule has 2 aliphatic heterocycles. The standard InChI is InChI=1S/C16H18N2O.C4H4O4/c1-2-5-14-13(4-1)12-18-11-3-6-15(18)16(19-14)7-9-17-10-8-16;5-3(6)1-2-4(7)8/h1-6,11,17H,7-10,12H2;1-2H,(H,5,6)(H,7,8)/b;2-1-. The van der Waals surface area contributed by atoms with Gasteiger partial charge < -0.3 is 24.8 Å². The van der Waals surface area contributed by atoms with E-state index in [0.717, 1.165) is 38.2 Å². The number of aliphatic carboxylic acids is 2. The molecule has 4 rings (SSSR count). The van der Waals surface area contributed by atoms with Crippen LogP contribution in [0, 0.1) is 0 Å². The van der Waals surface area contributed by atoms with Crippen LogP contribution in [0.3, 0.4) is 0 Å². The van der Waals surface area contributed by atoms with E-state index in [4.69, 9.17) is 14.9 Å². The Morgan fingerprint density at radius 3 is 2.37 bits per heavy atom. The fraction of sp³-hybridized carbons (Fsp3) is 0.300. The van der Waals surface area contributed by atoms with Crippen molar-refractivity contribution < 1.29 is 24.5 Å². The second kappa shape index (κ2) is 8.09. The van der Waals surface area contributed by atoms with Gasteiger partial charge in [-0.1, -0.05) is 18.2 Å². The Bertz CT molecular complexity index is 834. The van der Waals surface area contributed by atoms with Gasteiger partial charge >= 0.3 is 11.9 Å². The van der Waals surface area contributed by atoms with Crippen LogP contribution in [0.4, 0.5) is 0 Å². The Hall–Kier alpha value is -3.06. The first-order chi connectivity index (χ1) is 13.0. The summed E-state index contributed by atoms with van der Waals surface area (Å²) in [6, 6.07) is 12.8. The van der Waals surface area contributed by atoms with Crippen molar-refractivity contribution in [2.24, 2.45) is 0 Å². The maximum atomic E-state index is 9.55. The van der Waals surface area contributed by atoms with E-state index in [9.17, 15) is 9.59 Å². The largest absolute Gasteiger partial charge is 0.481 e. The van der Waals surface area contributed by atoms with E-state index in [2.05, 4.69) is 52.5 Å². The van der Waals surface area contributed by atoms with Crippen LogP contribution in [-0.4, -0.2) is 39.8 Å². The number of carbonyl (C=O) groups is 2. The van der Waals surface area contributed by atoms with Crippen LogP contribution in [0.2, 0.25) is 0 Å². The highest BCUT2D eigenvalue weighted by atomic mass is 16.5. The molecule has 1 fully saturated rings. The molecule has 27 heavy (non-hydrogen) atoms. The van der Waals surface area contributed by atoms with Gasteiger partial charge in [-0.2, -0.15) is 0 Å². The van der Waals surface area contributed by atoms with Crippen molar-refractivity contribution in [1.29, 1.82) is 0 Å². The molecule has 0 radical (unpaired) electrons. The fourth-order valence-electron chi connectivity index (χ4n) is 3.48. The molecule has 0 atom stereocenters. The zero-order valence-corrected chi connectivity index (χ0v) is 14.8. The average Bonchev–Trinajstić information content (AvgIpc) is 3.08. The molecule has 3 heterocycles. The lowest BCUT2D eigenvalue weighted by Crippen LogP contribution is -2.44. The maximum Gasteiger partial charge on any atom is 0.328 e. The van der Waals surface area contributed by atoms with Crippen LogP contribution >= 0.6 is 0 Å². The number of nitrogens with one attached hydrogen (secondary N) is 1. The van der Waals surface area contributed by atoms with Gasteiger partial charge in [0, 0.05) is 36.8 Å². The maximum absolute atomic E-state index is 9.55. The summed E-state index contributed by atoms with van der Waals surface area (Å²) in [6.07, 6.45) is 5.35. The first kappa shape index (κ1) is 18.7. The molecule has 1 spiro atoms. The SMILES string of the molecule is O=C(O)/C=C\C(=O)O.c1ccc2c(c1)Cn1cccc1C1(CCNCC1)O2. The molecule has 1 saturated heterocycles. The number of carboxylic acids is 2. The molecule has 0 bridgehead atoms. The van der Waals surface area contributed by atoms with Gasteiger partial charge in [-0.25, -0.2) is 9.59 Å². The average molecular weight is 370 g/mol. The molecule has 2 aliphatic rings. The molecule has 0 saturated carbocycles. The minimum atomic E-state index is -1.26. The van der Waals surface area contributed by atoms with Crippen molar-refractivity contribution in [3.8, 4) is 5.75 Å². The topological polar surface area (TPSA) is 101 Å². The number of carboxylic acid groups (broad SMARTS) is 2. The predicted octanol–water partition coefficient (Wildman–Crippen LogP) is 2.22. The smallest absolute Gasteiger partial charge is 0.328 e. The summed E-state index contributed by atoms with van der Waals surface area (Å²) in [5.74, 6) is -1.46. The van der Waals surface area contributed by atoms with Gasteiger partial charge in [0.15, 0.2) is 5.60 Å². The number of fused-ring (bicyclic) bond motifs is 3. The van der Waals surface area contributed by atoms with Gasteiger partial charge in [0.2, 0.25) is 0 Å². The molecule has 7 nitrogen and oxygen atoms in total. The van der Waals surface area contributed by atoms with Gasteiger partial charge in [0.05, 0.1) is 12.2 Å². The second-order valence-electron chi connectivity index (χ2n) is 6.49. The number of benzene rings is 1. The van der Waals surface area contributed by atoms with Crippen molar-refractivity contribution in [3.63, 3.8) is 0 Å². The molecule has 142 valence electrons. The molecular formula is C20H22N2O5. The van der Waals surface area contributed by atoms with Crippen LogP contribution in [0.25, 0.3) is 0 Å². The van der Waals surface area contributed by atoms with E-state index in [1.807, 2.05) is 0 Å². The Morgan fingerprint density at radius 1 is 1.04 bits per heavy atom. The normalized spacial score (nSPS) is 17.0. The van der Waals surface area contributed by atoms with Crippen molar-refractivity contribution in [1.82, 2.24) is 9.88 Å². The van der Waals surface area contributed by atoms with E-state index in [1.54, 1.807) is 0 Å². The zero-order valence-electron chi connectivity index (χ0n) is 14.8. The van der Waals surface area contributed by atoms with Gasteiger partial charge in [0.1, 0.15) is 5.75 Å². The molecule has 0 aliphatic carbocycles. The molecule has 3 N–H and O–H groups in total. The number of hydrogen-bond donors (Lipinski definition) is 3. The lowest BCUT2D eigenvalue weighted by molar-refractivity contribution is -0.134. The number of piperidine rings is 1. The molecule has 1 aromatic carbocycles. The molecule has 0 unspecified atom stereocenters. The Morgan fingerprint density at radius 2 is 1.70 bits per heavy atom. The summed E-state index contributed by atoms with van der Waals surface area (Å²) in [7, 11) is 0.